The molecule has 2 aromatic rings. The van der Waals surface area contributed by atoms with Gasteiger partial charge in [-0.1, -0.05) is 0 Å². The lowest BCUT2D eigenvalue weighted by molar-refractivity contribution is 0.0665. The molecular weight excluding hydrogens is 434 g/mol. The Bertz CT molecular complexity index is 904. The highest BCUT2D eigenvalue weighted by Gasteiger charge is 2.35. The Morgan fingerprint density at radius 1 is 1.26 bits per heavy atom. The molecule has 0 spiro atoms. The molecular formula is C19H22BrNO5S. The molecule has 146 valence electrons. The number of sulfone groups is 1. The Kier molecular flexibility index (Phi) is 5.95. The number of rotatable bonds is 6. The monoisotopic (exact) mass is 455 g/mol. The van der Waals surface area contributed by atoms with Crippen LogP contribution in [0, 0.1) is 0 Å². The van der Waals surface area contributed by atoms with E-state index in [1.165, 1.54) is 0 Å². The second-order valence-corrected chi connectivity index (χ2v) is 9.90. The summed E-state index contributed by atoms with van der Waals surface area (Å²) in [5.74, 6) is 1.14. The van der Waals surface area contributed by atoms with E-state index in [-0.39, 0.29) is 36.1 Å². The fourth-order valence-electron chi connectivity index (χ4n) is 3.11. The molecule has 1 aromatic heterocycles. The molecule has 0 saturated carbocycles. The van der Waals surface area contributed by atoms with Crippen LogP contribution in [0.25, 0.3) is 0 Å². The maximum absolute atomic E-state index is 13.1. The highest BCUT2D eigenvalue weighted by Crippen LogP contribution is 2.25. The minimum atomic E-state index is -3.12. The van der Waals surface area contributed by atoms with Crippen molar-refractivity contribution >= 4 is 31.7 Å². The average Bonchev–Trinajstić information content (AvgIpc) is 3.17. The van der Waals surface area contributed by atoms with Crippen molar-refractivity contribution in [1.29, 1.82) is 0 Å². The Labute approximate surface area is 167 Å². The van der Waals surface area contributed by atoms with Gasteiger partial charge in [-0.3, -0.25) is 4.79 Å². The molecule has 2 heterocycles. The van der Waals surface area contributed by atoms with Gasteiger partial charge in [-0.2, -0.15) is 0 Å². The molecule has 1 aliphatic heterocycles. The molecule has 1 aromatic carbocycles. The minimum absolute atomic E-state index is 0.0187. The van der Waals surface area contributed by atoms with E-state index in [0.29, 0.717) is 28.2 Å². The molecule has 0 unspecified atom stereocenters. The second kappa shape index (κ2) is 8.06. The van der Waals surface area contributed by atoms with Gasteiger partial charge in [-0.05, 0) is 72.6 Å². The zero-order valence-electron chi connectivity index (χ0n) is 15.2. The van der Waals surface area contributed by atoms with Gasteiger partial charge >= 0.3 is 0 Å². The molecule has 1 aliphatic rings. The van der Waals surface area contributed by atoms with E-state index in [1.54, 1.807) is 41.3 Å². The van der Waals surface area contributed by atoms with Crippen LogP contribution < -0.4 is 4.74 Å². The summed E-state index contributed by atoms with van der Waals surface area (Å²) >= 11 is 3.25. The summed E-state index contributed by atoms with van der Waals surface area (Å²) in [4.78, 5) is 14.7. The van der Waals surface area contributed by atoms with Gasteiger partial charge in [0.15, 0.2) is 14.5 Å². The fraction of sp³-hybridized carbons (Fsp3) is 0.421. The van der Waals surface area contributed by atoms with Gasteiger partial charge in [0, 0.05) is 11.6 Å². The van der Waals surface area contributed by atoms with Gasteiger partial charge in [0.25, 0.3) is 5.91 Å². The smallest absolute Gasteiger partial charge is 0.254 e. The van der Waals surface area contributed by atoms with E-state index in [0.717, 1.165) is 0 Å². The molecule has 1 amide bonds. The molecule has 0 bridgehead atoms. The zero-order chi connectivity index (χ0) is 19.6. The molecule has 0 radical (unpaired) electrons. The Morgan fingerprint density at radius 3 is 2.48 bits per heavy atom. The van der Waals surface area contributed by atoms with Crippen molar-refractivity contribution < 1.29 is 22.4 Å². The average molecular weight is 456 g/mol. The van der Waals surface area contributed by atoms with Gasteiger partial charge in [-0.15, -0.1) is 0 Å². The van der Waals surface area contributed by atoms with Crippen LogP contribution in [0.4, 0.5) is 0 Å². The van der Waals surface area contributed by atoms with Crippen molar-refractivity contribution in [3.8, 4) is 5.75 Å². The lowest BCUT2D eigenvalue weighted by atomic mass is 10.1. The van der Waals surface area contributed by atoms with Crippen molar-refractivity contribution in [2.75, 3.05) is 11.5 Å². The van der Waals surface area contributed by atoms with Crippen molar-refractivity contribution in [2.45, 2.75) is 39.0 Å². The van der Waals surface area contributed by atoms with E-state index in [4.69, 9.17) is 9.15 Å². The Balaban J connectivity index is 1.83. The maximum Gasteiger partial charge on any atom is 0.254 e. The highest BCUT2D eigenvalue weighted by atomic mass is 79.9. The van der Waals surface area contributed by atoms with Crippen LogP contribution in [0.3, 0.4) is 0 Å². The van der Waals surface area contributed by atoms with Gasteiger partial charge in [0.2, 0.25) is 0 Å². The first-order valence-corrected chi connectivity index (χ1v) is 11.4. The molecule has 27 heavy (non-hydrogen) atoms. The summed E-state index contributed by atoms with van der Waals surface area (Å²) < 4.78 is 35.6. The van der Waals surface area contributed by atoms with Crippen LogP contribution in [-0.4, -0.2) is 42.9 Å². The summed E-state index contributed by atoms with van der Waals surface area (Å²) in [6.07, 6.45) is 0.481. The summed E-state index contributed by atoms with van der Waals surface area (Å²) in [7, 11) is -3.12. The molecule has 3 rings (SSSR count). The summed E-state index contributed by atoms with van der Waals surface area (Å²) in [5.41, 5.74) is 0.487. The molecule has 1 saturated heterocycles. The first kappa shape index (κ1) is 19.9. The highest BCUT2D eigenvalue weighted by molar-refractivity contribution is 9.10. The number of furan rings is 1. The normalized spacial score (nSPS) is 18.6. The quantitative estimate of drug-likeness (QED) is 0.663. The number of carbonyl (C=O) groups excluding carboxylic acids is 1. The predicted octanol–water partition coefficient (Wildman–Crippen LogP) is 3.66. The molecule has 0 aliphatic carbocycles. The van der Waals surface area contributed by atoms with Crippen molar-refractivity contribution in [3.63, 3.8) is 0 Å². The molecule has 0 N–H and O–H groups in total. The Hall–Kier alpha value is -1.80. The van der Waals surface area contributed by atoms with Crippen LogP contribution >= 0.6 is 15.9 Å². The van der Waals surface area contributed by atoms with Gasteiger partial charge in [0.1, 0.15) is 11.5 Å². The van der Waals surface area contributed by atoms with Crippen LogP contribution in [0.5, 0.6) is 5.75 Å². The number of hydrogen-bond acceptors (Lipinski definition) is 5. The van der Waals surface area contributed by atoms with Crippen LogP contribution in [0.2, 0.25) is 0 Å². The summed E-state index contributed by atoms with van der Waals surface area (Å²) in [6.45, 7) is 4.08. The van der Waals surface area contributed by atoms with Crippen LogP contribution in [0.15, 0.2) is 45.5 Å². The first-order chi connectivity index (χ1) is 12.7. The SMILES string of the molecule is CC(C)Oc1ccc(C(=O)N(Cc2ccc(Br)o2)[C@@H]2CCS(=O)(=O)C2)cc1. The van der Waals surface area contributed by atoms with E-state index in [2.05, 4.69) is 15.9 Å². The zero-order valence-corrected chi connectivity index (χ0v) is 17.6. The number of amides is 1. The van der Waals surface area contributed by atoms with Crippen LogP contribution in [-0.2, 0) is 16.4 Å². The second-order valence-electron chi connectivity index (χ2n) is 6.89. The largest absolute Gasteiger partial charge is 0.491 e. The number of nitrogens with zero attached hydrogens (tertiary/aromatic N) is 1. The topological polar surface area (TPSA) is 76.8 Å². The van der Waals surface area contributed by atoms with Gasteiger partial charge in [0.05, 0.1) is 24.2 Å². The number of ether oxygens (including phenoxy) is 1. The molecule has 6 nitrogen and oxygen atoms in total. The molecule has 1 atom stereocenters. The van der Waals surface area contributed by atoms with Crippen molar-refractivity contribution in [1.82, 2.24) is 4.90 Å². The molecule has 1 fully saturated rings. The third kappa shape index (κ3) is 5.13. The molecule has 8 heteroatoms. The summed E-state index contributed by atoms with van der Waals surface area (Å²) in [6, 6.07) is 10.1. The van der Waals surface area contributed by atoms with E-state index >= 15 is 0 Å². The number of hydrogen-bond donors (Lipinski definition) is 0. The van der Waals surface area contributed by atoms with Gasteiger partial charge in [-0.25, -0.2) is 8.42 Å². The number of halogens is 1. The number of benzene rings is 1. The van der Waals surface area contributed by atoms with Crippen molar-refractivity contribution in [2.24, 2.45) is 0 Å². The van der Waals surface area contributed by atoms with Crippen LogP contribution in [0.1, 0.15) is 36.4 Å². The standard InChI is InChI=1S/C19H22BrNO5S/c1-13(2)25-16-5-3-14(4-6-16)19(22)21(11-17-7-8-18(20)26-17)15-9-10-27(23,24)12-15/h3-8,13,15H,9-12H2,1-2H3/t15-/m1/s1. The first-order valence-electron chi connectivity index (χ1n) is 8.76. The third-order valence-electron chi connectivity index (χ3n) is 4.34. The lowest BCUT2D eigenvalue weighted by Gasteiger charge is -2.27. The van der Waals surface area contributed by atoms with E-state index in [9.17, 15) is 13.2 Å². The fourth-order valence-corrected chi connectivity index (χ4v) is 5.18. The Morgan fingerprint density at radius 2 is 1.96 bits per heavy atom. The third-order valence-corrected chi connectivity index (χ3v) is 6.51. The van der Waals surface area contributed by atoms with Gasteiger partial charge < -0.3 is 14.1 Å². The van der Waals surface area contributed by atoms with E-state index < -0.39 is 9.84 Å². The summed E-state index contributed by atoms with van der Waals surface area (Å²) in [5, 5.41) is 0. The van der Waals surface area contributed by atoms with Crippen molar-refractivity contribution in [3.05, 3.63) is 52.4 Å². The minimum Gasteiger partial charge on any atom is -0.491 e. The predicted molar refractivity (Wildman–Crippen MR) is 106 cm³/mol. The maximum atomic E-state index is 13.1. The number of carbonyl (C=O) groups is 1. The van der Waals surface area contributed by atoms with E-state index in [1.807, 2.05) is 13.8 Å². The lowest BCUT2D eigenvalue weighted by Crippen LogP contribution is -2.40.